The van der Waals surface area contributed by atoms with Crippen LogP contribution in [0.1, 0.15) is 55.5 Å². The maximum absolute atomic E-state index is 13.7. The molecule has 1 saturated carbocycles. The molecule has 1 aromatic heterocycles. The molecule has 1 aromatic carbocycles. The Kier molecular flexibility index (Phi) is 5.03. The van der Waals surface area contributed by atoms with Gasteiger partial charge in [0.15, 0.2) is 0 Å². The van der Waals surface area contributed by atoms with Gasteiger partial charge < -0.3 is 14.4 Å². The number of morpholine rings is 1. The number of halogens is 1. The normalized spacial score (nSPS) is 25.8. The predicted octanol–water partition coefficient (Wildman–Crippen LogP) is 3.44. The van der Waals surface area contributed by atoms with Crippen LogP contribution in [0.4, 0.5) is 10.3 Å². The molecule has 0 N–H and O–H groups in total. The second-order valence-electron chi connectivity index (χ2n) is 8.09. The highest BCUT2D eigenvalue weighted by atomic mass is 19.1. The maximum Gasteiger partial charge on any atom is 0.227 e. The van der Waals surface area contributed by atoms with Gasteiger partial charge in [-0.15, -0.1) is 10.2 Å². The van der Waals surface area contributed by atoms with E-state index in [4.69, 9.17) is 9.47 Å². The maximum atomic E-state index is 13.7. The second kappa shape index (κ2) is 7.79. The number of nitrogens with zero attached hydrogens (tertiary/aromatic N) is 4. The van der Waals surface area contributed by atoms with Crippen LogP contribution in [0.15, 0.2) is 24.3 Å². The molecule has 7 heteroatoms. The van der Waals surface area contributed by atoms with Crippen LogP contribution in [-0.4, -0.2) is 47.2 Å². The number of anilines is 1. The summed E-state index contributed by atoms with van der Waals surface area (Å²) in [6.45, 7) is 3.67. The summed E-state index contributed by atoms with van der Waals surface area (Å²) in [4.78, 5) is 2.24. The molecule has 6 nitrogen and oxygen atoms in total. The molecule has 1 aliphatic carbocycles. The molecular weight excluding hydrogens is 359 g/mol. The second-order valence-corrected chi connectivity index (χ2v) is 8.09. The van der Waals surface area contributed by atoms with Gasteiger partial charge in [0.05, 0.1) is 25.8 Å². The van der Waals surface area contributed by atoms with Crippen molar-refractivity contribution < 1.29 is 13.9 Å². The lowest BCUT2D eigenvalue weighted by Gasteiger charge is -2.34. The number of benzene rings is 1. The summed E-state index contributed by atoms with van der Waals surface area (Å²) in [7, 11) is 0. The topological polar surface area (TPSA) is 52.4 Å². The summed E-state index contributed by atoms with van der Waals surface area (Å²) in [5, 5.41) is 9.17. The van der Waals surface area contributed by atoms with Crippen LogP contribution < -0.4 is 4.90 Å². The molecule has 2 atom stereocenters. The smallest absolute Gasteiger partial charge is 0.227 e. The van der Waals surface area contributed by atoms with Crippen molar-refractivity contribution in [3.05, 3.63) is 41.5 Å². The van der Waals surface area contributed by atoms with Crippen molar-refractivity contribution in [3.8, 4) is 0 Å². The first-order valence-electron chi connectivity index (χ1n) is 10.4. The largest absolute Gasteiger partial charge is 0.376 e. The predicted molar refractivity (Wildman–Crippen MR) is 103 cm³/mol. The fourth-order valence-corrected chi connectivity index (χ4v) is 4.42. The SMILES string of the molecule is Fc1cccc([C@@H]2CN(c3nnc(C4CCC4)n3C[C@@H]3CCCO3)CCO2)c1. The van der Waals surface area contributed by atoms with Gasteiger partial charge in [0.1, 0.15) is 17.7 Å². The molecule has 3 heterocycles. The molecule has 3 aliphatic rings. The molecule has 0 radical (unpaired) electrons. The van der Waals surface area contributed by atoms with E-state index in [2.05, 4.69) is 19.7 Å². The molecule has 0 spiro atoms. The van der Waals surface area contributed by atoms with Gasteiger partial charge in [-0.05, 0) is 43.4 Å². The van der Waals surface area contributed by atoms with Gasteiger partial charge in [-0.2, -0.15) is 0 Å². The summed E-state index contributed by atoms with van der Waals surface area (Å²) in [5.74, 6) is 2.29. The van der Waals surface area contributed by atoms with Crippen molar-refractivity contribution in [2.45, 2.75) is 56.8 Å². The quantitative estimate of drug-likeness (QED) is 0.788. The highest BCUT2D eigenvalue weighted by Crippen LogP contribution is 2.37. The Balaban J connectivity index is 1.40. The van der Waals surface area contributed by atoms with Crippen molar-refractivity contribution in [1.29, 1.82) is 0 Å². The molecule has 5 rings (SSSR count). The Labute approximate surface area is 164 Å². The van der Waals surface area contributed by atoms with E-state index >= 15 is 0 Å². The third-order valence-electron chi connectivity index (χ3n) is 6.21. The summed E-state index contributed by atoms with van der Waals surface area (Å²) < 4.78 is 27.8. The monoisotopic (exact) mass is 386 g/mol. The number of rotatable bonds is 5. The van der Waals surface area contributed by atoms with Gasteiger partial charge in [0.2, 0.25) is 5.95 Å². The van der Waals surface area contributed by atoms with Crippen LogP contribution in [0, 0.1) is 5.82 Å². The Morgan fingerprint density at radius 3 is 2.75 bits per heavy atom. The van der Waals surface area contributed by atoms with Crippen molar-refractivity contribution in [2.24, 2.45) is 0 Å². The van der Waals surface area contributed by atoms with E-state index in [1.165, 1.54) is 25.3 Å². The van der Waals surface area contributed by atoms with E-state index in [0.717, 1.165) is 49.9 Å². The lowest BCUT2D eigenvalue weighted by Crippen LogP contribution is -2.40. The van der Waals surface area contributed by atoms with Gasteiger partial charge in [-0.3, -0.25) is 4.57 Å². The minimum absolute atomic E-state index is 0.163. The number of hydrogen-bond donors (Lipinski definition) is 0. The Bertz CT molecular complexity index is 816. The van der Waals surface area contributed by atoms with E-state index in [9.17, 15) is 4.39 Å². The summed E-state index contributed by atoms with van der Waals surface area (Å²) in [6, 6.07) is 6.69. The first kappa shape index (κ1) is 18.1. The lowest BCUT2D eigenvalue weighted by molar-refractivity contribution is 0.0384. The average Bonchev–Trinajstić information content (AvgIpc) is 3.32. The van der Waals surface area contributed by atoms with Crippen LogP contribution in [0.5, 0.6) is 0 Å². The third kappa shape index (κ3) is 3.53. The number of aromatic nitrogens is 3. The highest BCUT2D eigenvalue weighted by molar-refractivity contribution is 5.35. The van der Waals surface area contributed by atoms with Gasteiger partial charge >= 0.3 is 0 Å². The molecule has 0 bridgehead atoms. The fraction of sp³-hybridized carbons (Fsp3) is 0.619. The van der Waals surface area contributed by atoms with Gasteiger partial charge in [0.25, 0.3) is 0 Å². The van der Waals surface area contributed by atoms with Crippen molar-refractivity contribution >= 4 is 5.95 Å². The molecule has 2 saturated heterocycles. The standard InChI is InChI=1S/C21H27FN4O2/c22-17-7-2-6-16(12-17)19-14-25(9-11-28-19)21-24-23-20(15-4-1-5-15)26(21)13-18-8-3-10-27-18/h2,6-7,12,15,18-19H,1,3-5,8-11,13-14H2/t18-,19-/m0/s1. The third-order valence-corrected chi connectivity index (χ3v) is 6.21. The average molecular weight is 386 g/mol. The number of hydrogen-bond acceptors (Lipinski definition) is 5. The molecular formula is C21H27FN4O2. The van der Waals surface area contributed by atoms with Gasteiger partial charge in [-0.1, -0.05) is 18.6 Å². The van der Waals surface area contributed by atoms with E-state index < -0.39 is 0 Å². The Morgan fingerprint density at radius 2 is 2.00 bits per heavy atom. The minimum atomic E-state index is -0.230. The van der Waals surface area contributed by atoms with E-state index in [1.54, 1.807) is 12.1 Å². The molecule has 0 unspecified atom stereocenters. The van der Waals surface area contributed by atoms with Crippen LogP contribution in [0.3, 0.4) is 0 Å². The zero-order valence-corrected chi connectivity index (χ0v) is 16.1. The van der Waals surface area contributed by atoms with Crippen molar-refractivity contribution in [2.75, 3.05) is 31.2 Å². The molecule has 3 fully saturated rings. The Hall–Kier alpha value is -1.99. The zero-order valence-electron chi connectivity index (χ0n) is 16.1. The van der Waals surface area contributed by atoms with Crippen molar-refractivity contribution in [1.82, 2.24) is 14.8 Å². The molecule has 150 valence electrons. The van der Waals surface area contributed by atoms with Crippen LogP contribution in [0.2, 0.25) is 0 Å². The van der Waals surface area contributed by atoms with E-state index in [-0.39, 0.29) is 18.0 Å². The van der Waals surface area contributed by atoms with Gasteiger partial charge in [0, 0.05) is 19.1 Å². The first-order valence-corrected chi connectivity index (χ1v) is 10.4. The number of ether oxygens (including phenoxy) is 2. The molecule has 28 heavy (non-hydrogen) atoms. The van der Waals surface area contributed by atoms with Crippen LogP contribution in [0.25, 0.3) is 0 Å². The van der Waals surface area contributed by atoms with E-state index in [0.29, 0.717) is 19.1 Å². The van der Waals surface area contributed by atoms with Crippen LogP contribution >= 0.6 is 0 Å². The van der Waals surface area contributed by atoms with Crippen molar-refractivity contribution in [3.63, 3.8) is 0 Å². The molecule has 2 aromatic rings. The lowest BCUT2D eigenvalue weighted by atomic mass is 9.85. The Morgan fingerprint density at radius 1 is 1.07 bits per heavy atom. The summed E-state index contributed by atoms with van der Waals surface area (Å²) in [5.41, 5.74) is 0.870. The summed E-state index contributed by atoms with van der Waals surface area (Å²) in [6.07, 6.45) is 5.96. The first-order chi connectivity index (χ1) is 13.8. The van der Waals surface area contributed by atoms with Crippen LogP contribution in [-0.2, 0) is 16.0 Å². The fourth-order valence-electron chi connectivity index (χ4n) is 4.42. The zero-order chi connectivity index (χ0) is 18.9. The minimum Gasteiger partial charge on any atom is -0.376 e. The highest BCUT2D eigenvalue weighted by Gasteiger charge is 2.32. The van der Waals surface area contributed by atoms with E-state index in [1.807, 2.05) is 6.07 Å². The molecule has 2 aliphatic heterocycles. The summed E-state index contributed by atoms with van der Waals surface area (Å²) >= 11 is 0. The molecule has 0 amide bonds. The van der Waals surface area contributed by atoms with Gasteiger partial charge in [-0.25, -0.2) is 4.39 Å².